The molecule has 1 heterocycles. The second kappa shape index (κ2) is 5.66. The third kappa shape index (κ3) is 3.02. The minimum Gasteiger partial charge on any atom is -0.478 e. The Bertz CT molecular complexity index is 732. The van der Waals surface area contributed by atoms with Gasteiger partial charge in [-0.1, -0.05) is 11.6 Å². The Labute approximate surface area is 118 Å². The van der Waals surface area contributed by atoms with E-state index in [4.69, 9.17) is 5.11 Å². The van der Waals surface area contributed by atoms with Gasteiger partial charge in [-0.25, -0.2) is 14.2 Å². The molecule has 0 aliphatic carbocycles. The van der Waals surface area contributed by atoms with Crippen molar-refractivity contribution >= 4 is 17.6 Å². The van der Waals surface area contributed by atoms with Crippen LogP contribution in [-0.4, -0.2) is 22.0 Å². The van der Waals surface area contributed by atoms with E-state index in [0.29, 0.717) is 5.56 Å². The lowest BCUT2D eigenvalue weighted by atomic mass is 10.1. The summed E-state index contributed by atoms with van der Waals surface area (Å²) in [6, 6.07) is 5.33. The predicted molar refractivity (Wildman–Crippen MR) is 70.2 cm³/mol. The maximum atomic E-state index is 13.5. The molecule has 0 saturated carbocycles. The van der Waals surface area contributed by atoms with E-state index in [-0.39, 0.29) is 11.3 Å². The minimum absolute atomic E-state index is 0.00489. The molecule has 21 heavy (non-hydrogen) atoms. The molecule has 0 saturated heterocycles. The molecule has 2 N–H and O–H groups in total. The number of aromatic nitrogens is 1. The molecule has 108 valence electrons. The molecule has 5 nitrogen and oxygen atoms in total. The number of hydrogen-bond acceptors (Lipinski definition) is 3. The van der Waals surface area contributed by atoms with E-state index < -0.39 is 29.2 Å². The summed E-state index contributed by atoms with van der Waals surface area (Å²) in [6.07, 6.45) is 0.945. The number of carboxylic acid groups (broad SMARTS) is 1. The molecule has 0 fully saturated rings. The first-order valence-corrected chi connectivity index (χ1v) is 5.85. The maximum absolute atomic E-state index is 13.5. The lowest BCUT2D eigenvalue weighted by Crippen LogP contribution is -2.17. The smallest absolute Gasteiger partial charge is 0.337 e. The van der Waals surface area contributed by atoms with Gasteiger partial charge < -0.3 is 10.4 Å². The lowest BCUT2D eigenvalue weighted by molar-refractivity contribution is 0.0698. The van der Waals surface area contributed by atoms with Gasteiger partial charge >= 0.3 is 5.97 Å². The van der Waals surface area contributed by atoms with E-state index >= 15 is 0 Å². The summed E-state index contributed by atoms with van der Waals surface area (Å²) in [7, 11) is 0. The van der Waals surface area contributed by atoms with Gasteiger partial charge in [0.1, 0.15) is 0 Å². The number of aromatic carboxylic acids is 1. The summed E-state index contributed by atoms with van der Waals surface area (Å²) in [5.41, 5.74) is -0.0149. The molecule has 2 aromatic rings. The molecular weight excluding hydrogens is 282 g/mol. The van der Waals surface area contributed by atoms with Crippen LogP contribution >= 0.6 is 0 Å². The number of pyridine rings is 1. The molecule has 2 rings (SSSR count). The molecule has 7 heteroatoms. The van der Waals surface area contributed by atoms with Gasteiger partial charge in [0.2, 0.25) is 5.95 Å². The summed E-state index contributed by atoms with van der Waals surface area (Å²) in [6.45, 7) is 1.69. The van der Waals surface area contributed by atoms with Crippen molar-refractivity contribution in [3.05, 3.63) is 58.9 Å². The highest BCUT2D eigenvalue weighted by molar-refractivity contribution is 6.07. The van der Waals surface area contributed by atoms with Crippen LogP contribution in [0.5, 0.6) is 0 Å². The van der Waals surface area contributed by atoms with Gasteiger partial charge in [0.25, 0.3) is 5.91 Å². The number of halogens is 2. The first kappa shape index (κ1) is 14.6. The Morgan fingerprint density at radius 1 is 1.19 bits per heavy atom. The van der Waals surface area contributed by atoms with Crippen LogP contribution in [0.3, 0.4) is 0 Å². The number of anilines is 1. The zero-order chi connectivity index (χ0) is 15.6. The number of carbonyl (C=O) groups is 2. The molecule has 0 aliphatic rings. The zero-order valence-electron chi connectivity index (χ0n) is 10.9. The Hall–Kier alpha value is -2.83. The Morgan fingerprint density at radius 2 is 1.90 bits per heavy atom. The van der Waals surface area contributed by atoms with Gasteiger partial charge in [-0.05, 0) is 25.1 Å². The largest absolute Gasteiger partial charge is 0.478 e. The van der Waals surface area contributed by atoms with Crippen molar-refractivity contribution in [3.8, 4) is 0 Å². The van der Waals surface area contributed by atoms with Crippen LogP contribution in [0.4, 0.5) is 14.5 Å². The van der Waals surface area contributed by atoms with Crippen molar-refractivity contribution in [2.24, 2.45) is 0 Å². The van der Waals surface area contributed by atoms with E-state index in [9.17, 15) is 18.4 Å². The molecule has 1 amide bonds. The highest BCUT2D eigenvalue weighted by Gasteiger charge is 2.18. The fourth-order valence-corrected chi connectivity index (χ4v) is 1.73. The first-order valence-electron chi connectivity index (χ1n) is 5.85. The number of carbonyl (C=O) groups excluding carboxylic acids is 1. The molecule has 0 radical (unpaired) electrons. The van der Waals surface area contributed by atoms with Crippen molar-refractivity contribution in [2.45, 2.75) is 6.92 Å². The van der Waals surface area contributed by atoms with Crippen LogP contribution in [0.25, 0.3) is 0 Å². The van der Waals surface area contributed by atoms with Crippen molar-refractivity contribution in [3.63, 3.8) is 0 Å². The number of nitrogens with zero attached hydrogens (tertiary/aromatic N) is 1. The molecular formula is C14H10F2N2O3. The van der Waals surface area contributed by atoms with Gasteiger partial charge in [0.15, 0.2) is 5.82 Å². The van der Waals surface area contributed by atoms with Gasteiger partial charge in [-0.15, -0.1) is 0 Å². The van der Waals surface area contributed by atoms with Crippen molar-refractivity contribution in [1.29, 1.82) is 0 Å². The Kier molecular flexibility index (Phi) is 3.93. The number of hydrogen-bond donors (Lipinski definition) is 2. The van der Waals surface area contributed by atoms with E-state index in [1.807, 2.05) is 0 Å². The third-order valence-electron chi connectivity index (χ3n) is 2.74. The normalized spacial score (nSPS) is 10.2. The summed E-state index contributed by atoms with van der Waals surface area (Å²) in [4.78, 5) is 26.1. The van der Waals surface area contributed by atoms with E-state index in [1.54, 1.807) is 13.0 Å². The topological polar surface area (TPSA) is 79.3 Å². The molecule has 0 unspecified atom stereocenters. The molecule has 0 atom stereocenters. The van der Waals surface area contributed by atoms with Crippen LogP contribution in [0.1, 0.15) is 26.3 Å². The average molecular weight is 292 g/mol. The van der Waals surface area contributed by atoms with E-state index in [1.165, 1.54) is 12.1 Å². The molecule has 0 spiro atoms. The third-order valence-corrected chi connectivity index (χ3v) is 2.74. The summed E-state index contributed by atoms with van der Waals surface area (Å²) in [5, 5.41) is 11.3. The van der Waals surface area contributed by atoms with Crippen molar-refractivity contribution in [1.82, 2.24) is 4.98 Å². The Balaban J connectivity index is 2.36. The number of carboxylic acids is 1. The summed E-state index contributed by atoms with van der Waals surface area (Å²) >= 11 is 0. The number of nitrogens with one attached hydrogen (secondary N) is 1. The van der Waals surface area contributed by atoms with Crippen molar-refractivity contribution in [2.75, 3.05) is 5.32 Å². The SMILES string of the molecule is Cc1ccc(NC(=O)c2ccnc(F)c2F)c(C(=O)O)c1. The van der Waals surface area contributed by atoms with Gasteiger partial charge in [-0.3, -0.25) is 4.79 Å². The maximum Gasteiger partial charge on any atom is 0.337 e. The quantitative estimate of drug-likeness (QED) is 0.852. The van der Waals surface area contributed by atoms with Crippen LogP contribution in [0.15, 0.2) is 30.5 Å². The zero-order valence-corrected chi connectivity index (χ0v) is 10.9. The molecule has 1 aromatic heterocycles. The molecule has 0 bridgehead atoms. The van der Waals surface area contributed by atoms with Crippen molar-refractivity contribution < 1.29 is 23.5 Å². The number of amides is 1. The number of aryl methyl sites for hydroxylation is 1. The summed E-state index contributed by atoms with van der Waals surface area (Å²) < 4.78 is 26.4. The fourth-order valence-electron chi connectivity index (χ4n) is 1.73. The standard InChI is InChI=1S/C14H10F2N2O3/c1-7-2-3-10(9(6-7)14(20)21)18-13(19)8-4-5-17-12(16)11(8)15/h2-6H,1H3,(H,18,19)(H,20,21). The highest BCUT2D eigenvalue weighted by atomic mass is 19.2. The van der Waals surface area contributed by atoms with Crippen LogP contribution < -0.4 is 5.32 Å². The van der Waals surface area contributed by atoms with E-state index in [0.717, 1.165) is 12.3 Å². The van der Waals surface area contributed by atoms with Crippen LogP contribution in [0, 0.1) is 18.7 Å². The minimum atomic E-state index is -1.40. The Morgan fingerprint density at radius 3 is 2.57 bits per heavy atom. The van der Waals surface area contributed by atoms with Gasteiger partial charge in [0, 0.05) is 6.20 Å². The second-order valence-corrected chi connectivity index (χ2v) is 4.27. The van der Waals surface area contributed by atoms with Gasteiger partial charge in [0.05, 0.1) is 16.8 Å². The second-order valence-electron chi connectivity index (χ2n) is 4.27. The average Bonchev–Trinajstić information content (AvgIpc) is 2.43. The highest BCUT2D eigenvalue weighted by Crippen LogP contribution is 2.19. The number of rotatable bonds is 3. The fraction of sp³-hybridized carbons (Fsp3) is 0.0714. The van der Waals surface area contributed by atoms with Crippen LogP contribution in [0.2, 0.25) is 0 Å². The number of benzene rings is 1. The monoisotopic (exact) mass is 292 g/mol. The molecule has 0 aliphatic heterocycles. The first-order chi connectivity index (χ1) is 9.90. The van der Waals surface area contributed by atoms with Gasteiger partial charge in [-0.2, -0.15) is 4.39 Å². The molecule has 1 aromatic carbocycles. The van der Waals surface area contributed by atoms with Crippen LogP contribution in [-0.2, 0) is 0 Å². The predicted octanol–water partition coefficient (Wildman–Crippen LogP) is 2.62. The summed E-state index contributed by atoms with van der Waals surface area (Å²) in [5.74, 6) is -4.99. The van der Waals surface area contributed by atoms with E-state index in [2.05, 4.69) is 10.3 Å². The lowest BCUT2D eigenvalue weighted by Gasteiger charge is -2.09.